The average molecular weight is 476 g/mol. The first-order valence-electron chi connectivity index (χ1n) is 9.57. The molecule has 1 unspecified atom stereocenters. The van der Waals surface area contributed by atoms with E-state index in [1.807, 2.05) is 0 Å². The molecule has 4 aromatic rings. The summed E-state index contributed by atoms with van der Waals surface area (Å²) in [7, 11) is 3.14. The second-order valence-electron chi connectivity index (χ2n) is 6.95. The summed E-state index contributed by atoms with van der Waals surface area (Å²) in [6, 6.07) is 3.32. The van der Waals surface area contributed by atoms with E-state index in [1.54, 1.807) is 43.3 Å². The SMILES string of the molecule is COCC(OC)c1c(CC(=O)Cc2cnc(-n3nccn3)c(Cl)c2)cnc2cc(Cl)nn12. The standard InChI is InChI=1S/C20H19Cl2N7O3/c1-31-11-16(32-2)19-13(10-23-18-8-17(22)27-28(18)19)7-14(30)5-12-6-15(21)20(24-9-12)29-25-3-4-26-29/h3-4,6,8-10,16H,5,7,11H2,1-2H3. The van der Waals surface area contributed by atoms with Gasteiger partial charge in [0.1, 0.15) is 11.9 Å². The highest BCUT2D eigenvalue weighted by atomic mass is 35.5. The molecule has 10 nitrogen and oxygen atoms in total. The second-order valence-corrected chi connectivity index (χ2v) is 7.74. The Morgan fingerprint density at radius 3 is 2.56 bits per heavy atom. The molecule has 0 saturated carbocycles. The van der Waals surface area contributed by atoms with Gasteiger partial charge >= 0.3 is 0 Å². The molecule has 0 aliphatic rings. The maximum Gasteiger partial charge on any atom is 0.193 e. The van der Waals surface area contributed by atoms with Crippen molar-refractivity contribution in [3.8, 4) is 5.82 Å². The quantitative estimate of drug-likeness (QED) is 0.363. The van der Waals surface area contributed by atoms with Gasteiger partial charge in [0, 0.05) is 51.1 Å². The summed E-state index contributed by atoms with van der Waals surface area (Å²) in [5, 5.41) is 13.0. The van der Waals surface area contributed by atoms with Crippen molar-refractivity contribution in [3.05, 3.63) is 63.9 Å². The van der Waals surface area contributed by atoms with E-state index in [4.69, 9.17) is 32.7 Å². The molecule has 32 heavy (non-hydrogen) atoms. The van der Waals surface area contributed by atoms with Crippen molar-refractivity contribution in [2.75, 3.05) is 20.8 Å². The smallest absolute Gasteiger partial charge is 0.193 e. The van der Waals surface area contributed by atoms with Gasteiger partial charge in [0.25, 0.3) is 0 Å². The van der Waals surface area contributed by atoms with Gasteiger partial charge in [-0.15, -0.1) is 4.80 Å². The number of ketones is 1. The van der Waals surface area contributed by atoms with Gasteiger partial charge in [0.2, 0.25) is 0 Å². The molecule has 0 amide bonds. The van der Waals surface area contributed by atoms with Crippen molar-refractivity contribution in [1.82, 2.24) is 34.6 Å². The van der Waals surface area contributed by atoms with Gasteiger partial charge in [-0.3, -0.25) is 4.79 Å². The molecule has 0 fully saturated rings. The Hall–Kier alpha value is -2.92. The van der Waals surface area contributed by atoms with Gasteiger partial charge in [0.05, 0.1) is 29.7 Å². The number of pyridine rings is 1. The van der Waals surface area contributed by atoms with Crippen molar-refractivity contribution >= 4 is 34.6 Å². The van der Waals surface area contributed by atoms with Crippen LogP contribution in [0.15, 0.2) is 36.9 Å². The number of halogens is 2. The molecular weight excluding hydrogens is 457 g/mol. The molecule has 0 spiro atoms. The summed E-state index contributed by atoms with van der Waals surface area (Å²) in [5.74, 6) is 0.337. The first-order valence-corrected chi connectivity index (χ1v) is 10.3. The van der Waals surface area contributed by atoms with Crippen molar-refractivity contribution in [1.29, 1.82) is 0 Å². The third kappa shape index (κ3) is 4.63. The molecule has 166 valence electrons. The maximum absolute atomic E-state index is 12.9. The highest BCUT2D eigenvalue weighted by Crippen LogP contribution is 2.25. The van der Waals surface area contributed by atoms with Crippen LogP contribution in [0.5, 0.6) is 0 Å². The van der Waals surface area contributed by atoms with Crippen LogP contribution in [0.25, 0.3) is 11.5 Å². The van der Waals surface area contributed by atoms with Crippen molar-refractivity contribution in [3.63, 3.8) is 0 Å². The van der Waals surface area contributed by atoms with Crippen LogP contribution in [0.1, 0.15) is 22.9 Å². The van der Waals surface area contributed by atoms with E-state index in [9.17, 15) is 4.79 Å². The summed E-state index contributed by atoms with van der Waals surface area (Å²) in [6.07, 6.45) is 6.07. The molecule has 0 aliphatic heterocycles. The normalized spacial score (nSPS) is 12.4. The summed E-state index contributed by atoms with van der Waals surface area (Å²) in [5.41, 5.74) is 2.56. The van der Waals surface area contributed by atoms with Crippen LogP contribution in [0.2, 0.25) is 10.2 Å². The zero-order valence-corrected chi connectivity index (χ0v) is 18.8. The lowest BCUT2D eigenvalue weighted by molar-refractivity contribution is -0.117. The first-order chi connectivity index (χ1) is 15.5. The minimum atomic E-state index is -0.457. The van der Waals surface area contributed by atoms with Crippen LogP contribution in [0, 0.1) is 0 Å². The fraction of sp³-hybridized carbons (Fsp3) is 0.300. The number of Topliss-reactive ketones (excluding diaryl/α,β-unsaturated/α-hetero) is 1. The lowest BCUT2D eigenvalue weighted by atomic mass is 10.0. The molecule has 4 rings (SSSR count). The monoisotopic (exact) mass is 475 g/mol. The molecule has 4 aromatic heterocycles. The van der Waals surface area contributed by atoms with E-state index >= 15 is 0 Å². The number of fused-ring (bicyclic) bond motifs is 1. The summed E-state index contributed by atoms with van der Waals surface area (Å²) in [6.45, 7) is 0.275. The lowest BCUT2D eigenvalue weighted by Crippen LogP contribution is -2.19. The summed E-state index contributed by atoms with van der Waals surface area (Å²) < 4.78 is 12.5. The topological polar surface area (TPSA) is 109 Å². The largest absolute Gasteiger partial charge is 0.382 e. The fourth-order valence-electron chi connectivity index (χ4n) is 3.39. The van der Waals surface area contributed by atoms with Crippen LogP contribution < -0.4 is 0 Å². The van der Waals surface area contributed by atoms with Crippen LogP contribution >= 0.6 is 23.2 Å². The number of methoxy groups -OCH3 is 2. The molecule has 0 N–H and O–H groups in total. The van der Waals surface area contributed by atoms with Gasteiger partial charge in [-0.25, -0.2) is 14.5 Å². The number of hydrogen-bond acceptors (Lipinski definition) is 8. The van der Waals surface area contributed by atoms with Gasteiger partial charge in [-0.2, -0.15) is 15.3 Å². The van der Waals surface area contributed by atoms with E-state index in [0.29, 0.717) is 38.5 Å². The Balaban J connectivity index is 1.59. The summed E-state index contributed by atoms with van der Waals surface area (Å²) >= 11 is 12.4. The maximum atomic E-state index is 12.9. The second kappa shape index (κ2) is 9.70. The lowest BCUT2D eigenvalue weighted by Gasteiger charge is -2.19. The Bertz CT molecular complexity index is 1240. The number of aromatic nitrogens is 7. The minimum Gasteiger partial charge on any atom is -0.382 e. The van der Waals surface area contributed by atoms with Gasteiger partial charge < -0.3 is 9.47 Å². The molecule has 4 heterocycles. The van der Waals surface area contributed by atoms with Crippen LogP contribution in [-0.2, 0) is 27.1 Å². The highest BCUT2D eigenvalue weighted by molar-refractivity contribution is 6.32. The van der Waals surface area contributed by atoms with Crippen molar-refractivity contribution in [2.24, 2.45) is 0 Å². The predicted molar refractivity (Wildman–Crippen MR) is 116 cm³/mol. The predicted octanol–water partition coefficient (Wildman–Crippen LogP) is 2.70. The van der Waals surface area contributed by atoms with E-state index in [0.717, 1.165) is 0 Å². The molecule has 12 heteroatoms. The molecule has 0 saturated heterocycles. The first kappa shape index (κ1) is 22.3. The Kier molecular flexibility index (Phi) is 6.75. The van der Waals surface area contributed by atoms with E-state index in [1.165, 1.54) is 17.2 Å². The van der Waals surface area contributed by atoms with Crippen LogP contribution in [-0.4, -0.2) is 61.2 Å². The van der Waals surface area contributed by atoms with E-state index < -0.39 is 6.10 Å². The molecule has 0 radical (unpaired) electrons. The Labute approximate surface area is 193 Å². The zero-order chi connectivity index (χ0) is 22.7. The van der Waals surface area contributed by atoms with Crippen molar-refractivity contribution in [2.45, 2.75) is 18.9 Å². The van der Waals surface area contributed by atoms with Crippen molar-refractivity contribution < 1.29 is 14.3 Å². The molecular formula is C20H19Cl2N7O3. The fourth-order valence-corrected chi connectivity index (χ4v) is 3.83. The molecule has 1 atom stereocenters. The van der Waals surface area contributed by atoms with Gasteiger partial charge in [-0.1, -0.05) is 23.2 Å². The minimum absolute atomic E-state index is 0.0549. The third-order valence-corrected chi connectivity index (χ3v) is 5.22. The Morgan fingerprint density at radius 1 is 1.09 bits per heavy atom. The molecule has 0 aromatic carbocycles. The highest BCUT2D eigenvalue weighted by Gasteiger charge is 2.22. The van der Waals surface area contributed by atoms with E-state index in [-0.39, 0.29) is 25.2 Å². The number of hydrogen-bond donors (Lipinski definition) is 0. The number of nitrogens with zero attached hydrogens (tertiary/aromatic N) is 7. The Morgan fingerprint density at radius 2 is 1.88 bits per heavy atom. The summed E-state index contributed by atoms with van der Waals surface area (Å²) in [4.78, 5) is 22.9. The third-order valence-electron chi connectivity index (χ3n) is 4.75. The van der Waals surface area contributed by atoms with Gasteiger partial charge in [0.15, 0.2) is 16.6 Å². The molecule has 0 bridgehead atoms. The zero-order valence-electron chi connectivity index (χ0n) is 17.3. The average Bonchev–Trinajstić information content (AvgIpc) is 3.41. The number of ether oxygens (including phenoxy) is 2. The van der Waals surface area contributed by atoms with Crippen LogP contribution in [0.3, 0.4) is 0 Å². The van der Waals surface area contributed by atoms with Gasteiger partial charge in [-0.05, 0) is 11.6 Å². The van der Waals surface area contributed by atoms with Crippen LogP contribution in [0.4, 0.5) is 0 Å². The number of carbonyl (C=O) groups excluding carboxylic acids is 1. The number of rotatable bonds is 9. The number of carbonyl (C=O) groups is 1. The van der Waals surface area contributed by atoms with E-state index in [2.05, 4.69) is 25.3 Å². The molecule has 0 aliphatic carbocycles.